The highest BCUT2D eigenvalue weighted by Gasteiger charge is 2.28. The van der Waals surface area contributed by atoms with Crippen LogP contribution in [-0.2, 0) is 26.2 Å². The minimum atomic E-state index is -3.51. The lowest BCUT2D eigenvalue weighted by molar-refractivity contribution is -0.141. The number of benzene rings is 2. The summed E-state index contributed by atoms with van der Waals surface area (Å²) >= 11 is 3.45. The van der Waals surface area contributed by atoms with Crippen LogP contribution in [-0.4, -0.2) is 49.5 Å². The van der Waals surface area contributed by atoms with Crippen molar-refractivity contribution in [1.82, 2.24) is 10.2 Å². The molecule has 2 aromatic rings. The molecule has 2 rings (SSSR count). The van der Waals surface area contributed by atoms with Crippen molar-refractivity contribution in [2.75, 3.05) is 17.1 Å². The Morgan fingerprint density at radius 1 is 1.09 bits per heavy atom. The van der Waals surface area contributed by atoms with Crippen LogP contribution in [0.4, 0.5) is 5.69 Å². The van der Waals surface area contributed by atoms with Gasteiger partial charge in [0.25, 0.3) is 0 Å². The number of sulfonamides is 1. The van der Waals surface area contributed by atoms with E-state index in [0.29, 0.717) is 12.1 Å². The van der Waals surface area contributed by atoms with Crippen molar-refractivity contribution in [3.8, 4) is 0 Å². The number of rotatable bonds is 10. The standard InChI is InChI=1S/C26H36BrN3O4S/c1-19-12-14-23(15-13-19)30(35(6,33)34)16-8-11-24(31)29(18-21-9-7-10-22(27)17-21)20(2)25(32)28-26(3,4)5/h7,9-10,12-15,17,20H,8,11,16,18H2,1-6H3,(H,28,32)/t20-/m0/s1. The molecule has 0 heterocycles. The van der Waals surface area contributed by atoms with Gasteiger partial charge in [0.05, 0.1) is 11.9 Å². The van der Waals surface area contributed by atoms with Crippen LogP contribution in [0, 0.1) is 6.92 Å². The van der Waals surface area contributed by atoms with Gasteiger partial charge in [-0.15, -0.1) is 0 Å². The number of nitrogens with one attached hydrogen (secondary N) is 1. The third-order valence-corrected chi connectivity index (χ3v) is 7.07. The van der Waals surface area contributed by atoms with Gasteiger partial charge in [0.1, 0.15) is 6.04 Å². The Morgan fingerprint density at radius 3 is 2.26 bits per heavy atom. The number of carbonyl (C=O) groups excluding carboxylic acids is 2. The van der Waals surface area contributed by atoms with E-state index in [0.717, 1.165) is 21.9 Å². The second-order valence-electron chi connectivity index (χ2n) is 9.84. The number of hydrogen-bond donors (Lipinski definition) is 1. The summed E-state index contributed by atoms with van der Waals surface area (Å²) < 4.78 is 27.0. The highest BCUT2D eigenvalue weighted by Crippen LogP contribution is 2.20. The van der Waals surface area contributed by atoms with Gasteiger partial charge in [-0.2, -0.15) is 0 Å². The van der Waals surface area contributed by atoms with Crippen LogP contribution < -0.4 is 9.62 Å². The van der Waals surface area contributed by atoms with E-state index >= 15 is 0 Å². The first-order valence-corrected chi connectivity index (χ1v) is 14.2. The van der Waals surface area contributed by atoms with Crippen LogP contribution in [0.3, 0.4) is 0 Å². The maximum absolute atomic E-state index is 13.3. The molecule has 0 aliphatic carbocycles. The van der Waals surface area contributed by atoms with Crippen molar-refractivity contribution in [2.24, 2.45) is 0 Å². The number of nitrogens with zero attached hydrogens (tertiary/aromatic N) is 2. The van der Waals surface area contributed by atoms with Crippen molar-refractivity contribution in [3.63, 3.8) is 0 Å². The summed E-state index contributed by atoms with van der Waals surface area (Å²) in [5.74, 6) is -0.447. The average molecular weight is 567 g/mol. The van der Waals surface area contributed by atoms with Gasteiger partial charge in [0, 0.05) is 29.5 Å². The summed E-state index contributed by atoms with van der Waals surface area (Å²) in [7, 11) is -3.51. The van der Waals surface area contributed by atoms with Gasteiger partial charge < -0.3 is 10.2 Å². The molecule has 0 saturated carbocycles. The molecule has 0 aromatic heterocycles. The van der Waals surface area contributed by atoms with E-state index in [-0.39, 0.29) is 31.3 Å². The summed E-state index contributed by atoms with van der Waals surface area (Å²) in [6, 6.07) is 14.1. The van der Waals surface area contributed by atoms with Crippen molar-refractivity contribution >= 4 is 43.5 Å². The lowest BCUT2D eigenvalue weighted by Crippen LogP contribution is -2.52. The van der Waals surface area contributed by atoms with E-state index in [4.69, 9.17) is 0 Å². The van der Waals surface area contributed by atoms with E-state index in [9.17, 15) is 18.0 Å². The molecule has 0 unspecified atom stereocenters. The van der Waals surface area contributed by atoms with Gasteiger partial charge in [-0.1, -0.05) is 45.8 Å². The van der Waals surface area contributed by atoms with Crippen LogP contribution in [0.2, 0.25) is 0 Å². The Labute approximate surface area is 218 Å². The molecule has 0 spiro atoms. The summed E-state index contributed by atoms with van der Waals surface area (Å²) in [4.78, 5) is 27.8. The molecule has 1 N–H and O–H groups in total. The quantitative estimate of drug-likeness (QED) is 0.454. The minimum Gasteiger partial charge on any atom is -0.350 e. The summed E-state index contributed by atoms with van der Waals surface area (Å²) in [5, 5.41) is 2.94. The predicted octanol–water partition coefficient (Wildman–Crippen LogP) is 4.64. The Hall–Kier alpha value is -2.39. The maximum Gasteiger partial charge on any atom is 0.242 e. The Balaban J connectivity index is 2.18. The fourth-order valence-electron chi connectivity index (χ4n) is 3.60. The van der Waals surface area contributed by atoms with Crippen LogP contribution in [0.15, 0.2) is 53.0 Å². The number of halogens is 1. The molecule has 1 atom stereocenters. The van der Waals surface area contributed by atoms with Crippen molar-refractivity contribution in [2.45, 2.75) is 65.6 Å². The molecule has 0 saturated heterocycles. The number of anilines is 1. The zero-order valence-corrected chi connectivity index (χ0v) is 23.7. The van der Waals surface area contributed by atoms with Gasteiger partial charge in [0.15, 0.2) is 0 Å². The first-order valence-electron chi connectivity index (χ1n) is 11.6. The molecule has 2 aromatic carbocycles. The van der Waals surface area contributed by atoms with E-state index in [1.54, 1.807) is 24.0 Å². The molecular formula is C26H36BrN3O4S. The van der Waals surface area contributed by atoms with Gasteiger partial charge in [-0.25, -0.2) is 8.42 Å². The fraction of sp³-hybridized carbons (Fsp3) is 0.462. The molecule has 192 valence electrons. The van der Waals surface area contributed by atoms with Crippen LogP contribution in [0.25, 0.3) is 0 Å². The minimum absolute atomic E-state index is 0.110. The Kier molecular flexibility index (Phi) is 9.92. The topological polar surface area (TPSA) is 86.8 Å². The molecular weight excluding hydrogens is 530 g/mol. The monoisotopic (exact) mass is 565 g/mol. The molecule has 0 radical (unpaired) electrons. The van der Waals surface area contributed by atoms with Crippen molar-refractivity contribution in [3.05, 3.63) is 64.1 Å². The molecule has 0 bridgehead atoms. The van der Waals surface area contributed by atoms with E-state index in [1.165, 1.54) is 4.31 Å². The number of amides is 2. The SMILES string of the molecule is Cc1ccc(N(CCCC(=O)N(Cc2cccc(Br)c2)[C@@H](C)C(=O)NC(C)(C)C)S(C)(=O)=O)cc1. The van der Waals surface area contributed by atoms with E-state index < -0.39 is 21.6 Å². The van der Waals surface area contributed by atoms with Crippen molar-refractivity contribution in [1.29, 1.82) is 0 Å². The predicted molar refractivity (Wildman–Crippen MR) is 145 cm³/mol. The summed E-state index contributed by atoms with van der Waals surface area (Å²) in [5.41, 5.74) is 2.05. The average Bonchev–Trinajstić information content (AvgIpc) is 2.73. The molecule has 0 aliphatic rings. The molecule has 0 aliphatic heterocycles. The fourth-order valence-corrected chi connectivity index (χ4v) is 5.02. The lowest BCUT2D eigenvalue weighted by Gasteiger charge is -2.32. The van der Waals surface area contributed by atoms with Crippen molar-refractivity contribution < 1.29 is 18.0 Å². The first-order chi connectivity index (χ1) is 16.2. The largest absolute Gasteiger partial charge is 0.350 e. The molecule has 35 heavy (non-hydrogen) atoms. The third-order valence-electron chi connectivity index (χ3n) is 5.38. The van der Waals surface area contributed by atoms with E-state index in [2.05, 4.69) is 21.2 Å². The smallest absolute Gasteiger partial charge is 0.242 e. The second kappa shape index (κ2) is 12.0. The Bertz CT molecular complexity index is 1130. The first kappa shape index (κ1) is 28.8. The normalized spacial score (nSPS) is 12.7. The molecule has 0 fully saturated rings. The molecule has 9 heteroatoms. The number of aryl methyl sites for hydroxylation is 1. The lowest BCUT2D eigenvalue weighted by atomic mass is 10.1. The number of hydrogen-bond acceptors (Lipinski definition) is 4. The van der Waals surface area contributed by atoms with Gasteiger partial charge in [-0.3, -0.25) is 13.9 Å². The highest BCUT2D eigenvalue weighted by atomic mass is 79.9. The summed E-state index contributed by atoms with van der Waals surface area (Å²) in [6.07, 6.45) is 1.59. The van der Waals surface area contributed by atoms with Crippen LogP contribution >= 0.6 is 15.9 Å². The van der Waals surface area contributed by atoms with Crippen LogP contribution in [0.5, 0.6) is 0 Å². The van der Waals surface area contributed by atoms with Gasteiger partial charge >= 0.3 is 0 Å². The third kappa shape index (κ3) is 9.29. The maximum atomic E-state index is 13.3. The van der Waals surface area contributed by atoms with Gasteiger partial charge in [-0.05, 0) is 70.9 Å². The Morgan fingerprint density at radius 2 is 1.71 bits per heavy atom. The highest BCUT2D eigenvalue weighted by molar-refractivity contribution is 9.10. The molecule has 7 nitrogen and oxygen atoms in total. The zero-order valence-electron chi connectivity index (χ0n) is 21.3. The van der Waals surface area contributed by atoms with Gasteiger partial charge in [0.2, 0.25) is 21.8 Å². The zero-order chi connectivity index (χ0) is 26.4. The second-order valence-corrected chi connectivity index (χ2v) is 12.7. The molecule has 2 amide bonds. The summed E-state index contributed by atoms with van der Waals surface area (Å²) in [6.45, 7) is 9.76. The van der Waals surface area contributed by atoms with E-state index in [1.807, 2.05) is 64.1 Å². The number of carbonyl (C=O) groups is 2. The van der Waals surface area contributed by atoms with Crippen LogP contribution in [0.1, 0.15) is 51.7 Å².